The number of ether oxygens (including phenoxy) is 2. The van der Waals surface area contributed by atoms with Gasteiger partial charge in [0.05, 0.1) is 65.7 Å². The number of carbonyl (C=O) groups excluding carboxylic acids is 7. The number of nitrogens with zero attached hydrogens (tertiary/aromatic N) is 3. The first-order valence-electron chi connectivity index (χ1n) is 25.6. The van der Waals surface area contributed by atoms with Crippen molar-refractivity contribution < 1.29 is 52.5 Å². The van der Waals surface area contributed by atoms with E-state index in [0.717, 1.165) is 27.8 Å². The molecule has 0 bridgehead atoms. The fourth-order valence-corrected chi connectivity index (χ4v) is 9.42. The molecule has 416 valence electrons. The zero-order valence-corrected chi connectivity index (χ0v) is 45.9. The molecule has 3 aliphatic rings. The monoisotopic (exact) mass is 1090 g/mol. The second-order valence-corrected chi connectivity index (χ2v) is 19.1. The second-order valence-electron chi connectivity index (χ2n) is 18.5. The number of likely N-dealkylation sites (N-methyl/N-ethyl adjacent to an activating group) is 2. The van der Waals surface area contributed by atoms with Crippen molar-refractivity contribution in [1.29, 1.82) is 0 Å². The fourth-order valence-electron chi connectivity index (χ4n) is 9.14. The number of benzene rings is 3. The van der Waals surface area contributed by atoms with Gasteiger partial charge >= 0.3 is 5.97 Å². The standard InChI is InChI=1S/C29H33FN4O6.C13H12N2O4S.C13H18N2O.C2H6/c1-5-34-23(8-17-18(27(34)37)12-40-28(38)26(17)36)21-9-19-25-16(15(2)20(30)10-22(25)33-21)6-7-29(19,3)13-39-14-32-24(35)11-31-4;16-5-4-14-12(18)8-2-1-3-9(6-8)15-11(17)7-10(20)13(15)19;1-3-12(15-13(16)10-14-2)9-11-7-5-4-6-8-11;1-2/h8-10,26,31,36H,5-7,11-14H2,1-4H3,(H,32,35);1-3,5-6,10,20H,4,7H2,(H,14,18);3-8,12,14H,1,9-10H2,2H3,(H,15,16);1-2H3. The lowest BCUT2D eigenvalue weighted by atomic mass is 9.71. The van der Waals surface area contributed by atoms with Crippen LogP contribution in [0.4, 0.5) is 10.1 Å². The highest BCUT2D eigenvalue weighted by Crippen LogP contribution is 2.44. The van der Waals surface area contributed by atoms with Gasteiger partial charge in [-0.3, -0.25) is 28.8 Å². The van der Waals surface area contributed by atoms with Crippen molar-refractivity contribution in [2.24, 2.45) is 0 Å². The highest BCUT2D eigenvalue weighted by atomic mass is 32.1. The zero-order chi connectivity index (χ0) is 57.3. The molecule has 21 heteroatoms. The number of anilines is 1. The van der Waals surface area contributed by atoms with Gasteiger partial charge in [-0.1, -0.05) is 63.2 Å². The first-order valence-corrected chi connectivity index (χ1v) is 26.1. The number of aldehydes is 1. The number of amides is 5. The Labute approximate surface area is 458 Å². The smallest absolute Gasteiger partial charge is 0.340 e. The van der Waals surface area contributed by atoms with Crippen LogP contribution >= 0.6 is 12.6 Å². The molecule has 78 heavy (non-hydrogen) atoms. The molecule has 1 saturated heterocycles. The van der Waals surface area contributed by atoms with Gasteiger partial charge in [0.15, 0.2) is 6.10 Å². The van der Waals surface area contributed by atoms with Gasteiger partial charge in [0, 0.05) is 41.0 Å². The largest absolute Gasteiger partial charge is 0.458 e. The third-order valence-corrected chi connectivity index (χ3v) is 13.5. The number of pyridine rings is 2. The molecule has 0 saturated carbocycles. The lowest BCUT2D eigenvalue weighted by Gasteiger charge is -2.36. The van der Waals surface area contributed by atoms with E-state index in [0.29, 0.717) is 60.4 Å². The van der Waals surface area contributed by atoms with E-state index in [4.69, 9.17) is 14.5 Å². The molecule has 0 radical (unpaired) electrons. The van der Waals surface area contributed by atoms with E-state index in [1.165, 1.54) is 28.3 Å². The Bertz CT molecular complexity index is 3080. The van der Waals surface area contributed by atoms with E-state index in [-0.39, 0.29) is 91.3 Å². The van der Waals surface area contributed by atoms with Crippen LogP contribution in [0.1, 0.15) is 90.4 Å². The Morgan fingerprint density at radius 3 is 2.33 bits per heavy atom. The quantitative estimate of drug-likeness (QED) is 0.0122. The van der Waals surface area contributed by atoms with Crippen LogP contribution in [0.15, 0.2) is 90.2 Å². The van der Waals surface area contributed by atoms with E-state index in [1.54, 1.807) is 45.3 Å². The first-order chi connectivity index (χ1) is 37.4. The Hall–Kier alpha value is -7.43. The average Bonchev–Trinajstić information content (AvgIpc) is 3.82. The molecule has 19 nitrogen and oxygen atoms in total. The number of hydrogen-bond donors (Lipinski definition) is 7. The first kappa shape index (κ1) is 61.4. The molecule has 5 aromatic rings. The number of thiol groups is 1. The van der Waals surface area contributed by atoms with Crippen LogP contribution in [0, 0.1) is 12.7 Å². The summed E-state index contributed by atoms with van der Waals surface area (Å²) in [6.45, 7) is 14.2. The average molecular weight is 1090 g/mol. The van der Waals surface area contributed by atoms with Gasteiger partial charge < -0.3 is 50.5 Å². The maximum Gasteiger partial charge on any atom is 0.340 e. The van der Waals surface area contributed by atoms with Crippen molar-refractivity contribution in [2.45, 2.75) is 96.3 Å². The van der Waals surface area contributed by atoms with Gasteiger partial charge in [0.2, 0.25) is 23.6 Å². The fraction of sp³-hybridized carbons (Fsp3) is 0.386. The number of esters is 1. The summed E-state index contributed by atoms with van der Waals surface area (Å²) < 4.78 is 27.5. The summed E-state index contributed by atoms with van der Waals surface area (Å²) in [5.41, 5.74) is 4.96. The number of aromatic nitrogens is 2. The number of halogens is 1. The SMILES string of the molecule is C=CC(Cc1ccccc1)NC(=O)CNC.CC.CCn1c(-c2cc3c4c(c(C)c(F)cc4n2)CCC3(C)COCNC(=O)CNC)cc2c(c1=O)COC(=O)C2O.O=CCNC(=O)c1cccc(N2C(=O)CC(S)C2=O)c1. The maximum atomic E-state index is 15.0. The number of aryl methyl sites for hydroxylation is 1. The van der Waals surface area contributed by atoms with Crippen LogP contribution in [0.25, 0.3) is 22.3 Å². The Morgan fingerprint density at radius 1 is 0.987 bits per heavy atom. The molecular weight excluding hydrogens is 1020 g/mol. The number of aliphatic hydroxyl groups excluding tert-OH is 1. The minimum absolute atomic E-state index is 0.0108. The van der Waals surface area contributed by atoms with Gasteiger partial charge in [-0.2, -0.15) is 12.6 Å². The zero-order valence-electron chi connectivity index (χ0n) is 45.0. The lowest BCUT2D eigenvalue weighted by molar-refractivity contribution is -0.157. The number of imide groups is 1. The van der Waals surface area contributed by atoms with Crippen molar-refractivity contribution in [3.05, 3.63) is 141 Å². The number of cyclic esters (lactones) is 1. The third kappa shape index (κ3) is 14.8. The molecule has 1 aliphatic carbocycles. The predicted molar refractivity (Wildman–Crippen MR) is 297 cm³/mol. The van der Waals surface area contributed by atoms with Gasteiger partial charge in [-0.15, -0.1) is 6.58 Å². The highest BCUT2D eigenvalue weighted by molar-refractivity contribution is 7.82. The van der Waals surface area contributed by atoms with Gasteiger partial charge in [-0.25, -0.2) is 19.1 Å². The van der Waals surface area contributed by atoms with Crippen molar-refractivity contribution in [3.63, 3.8) is 0 Å². The molecule has 1 fully saturated rings. The van der Waals surface area contributed by atoms with Gasteiger partial charge in [0.25, 0.3) is 11.5 Å². The van der Waals surface area contributed by atoms with Crippen molar-refractivity contribution in [1.82, 2.24) is 36.1 Å². The van der Waals surface area contributed by atoms with Gasteiger partial charge in [0.1, 0.15) is 25.4 Å². The molecule has 5 amide bonds. The summed E-state index contributed by atoms with van der Waals surface area (Å²) in [4.78, 5) is 100. The van der Waals surface area contributed by atoms with Crippen LogP contribution in [-0.2, 0) is 69.6 Å². The topological polar surface area (TPSA) is 256 Å². The van der Waals surface area contributed by atoms with Crippen molar-refractivity contribution in [2.75, 3.05) is 52.0 Å². The minimum Gasteiger partial charge on any atom is -0.458 e. The molecule has 0 spiro atoms. The summed E-state index contributed by atoms with van der Waals surface area (Å²) in [6.07, 6.45) is 2.88. The maximum absolute atomic E-state index is 15.0. The Balaban J connectivity index is 0.000000245. The number of hydrogen-bond acceptors (Lipinski definition) is 15. The number of fused-ring (bicyclic) bond motifs is 1. The number of rotatable bonds is 18. The normalized spacial score (nSPS) is 17.4. The predicted octanol–water partition coefficient (Wildman–Crippen LogP) is 4.46. The molecule has 3 aromatic carbocycles. The Morgan fingerprint density at radius 2 is 1.69 bits per heavy atom. The van der Waals surface area contributed by atoms with Crippen molar-refractivity contribution in [3.8, 4) is 11.4 Å². The third-order valence-electron chi connectivity index (χ3n) is 13.1. The van der Waals surface area contributed by atoms with Crippen LogP contribution in [0.5, 0.6) is 0 Å². The highest BCUT2D eigenvalue weighted by Gasteiger charge is 2.39. The lowest BCUT2D eigenvalue weighted by Crippen LogP contribution is -2.39. The summed E-state index contributed by atoms with van der Waals surface area (Å²) in [7, 11) is 3.44. The second kappa shape index (κ2) is 28.8. The van der Waals surface area contributed by atoms with E-state index in [1.807, 2.05) is 57.2 Å². The molecule has 2 aliphatic heterocycles. The van der Waals surface area contributed by atoms with E-state index < -0.39 is 34.6 Å². The Kier molecular flexibility index (Phi) is 22.7. The molecule has 8 rings (SSSR count). The molecule has 4 unspecified atom stereocenters. The van der Waals surface area contributed by atoms with Crippen LogP contribution in [-0.4, -0.2) is 115 Å². The number of nitrogens with one attached hydrogen (secondary N) is 5. The van der Waals surface area contributed by atoms with Crippen LogP contribution in [0.3, 0.4) is 0 Å². The van der Waals surface area contributed by atoms with Crippen LogP contribution < -0.4 is 37.0 Å². The molecule has 2 aromatic heterocycles. The molecule has 4 atom stereocenters. The molecular formula is C57H69FN8O11S. The van der Waals surface area contributed by atoms with Crippen LogP contribution in [0.2, 0.25) is 0 Å². The molecule has 6 N–H and O–H groups in total. The van der Waals surface area contributed by atoms with Gasteiger partial charge in [-0.05, 0) is 99.8 Å². The number of aliphatic hydroxyl groups is 1. The van der Waals surface area contributed by atoms with E-state index >= 15 is 4.39 Å². The minimum atomic E-state index is -1.58. The summed E-state index contributed by atoms with van der Waals surface area (Å²) in [6, 6.07) is 21.0. The summed E-state index contributed by atoms with van der Waals surface area (Å²) in [5, 5.41) is 24.3. The van der Waals surface area contributed by atoms with E-state index in [9.17, 15) is 43.5 Å². The number of carbonyl (C=O) groups is 7. The molecule has 4 heterocycles. The van der Waals surface area contributed by atoms with E-state index in [2.05, 4.69) is 52.7 Å². The summed E-state index contributed by atoms with van der Waals surface area (Å²) >= 11 is 4.04. The summed E-state index contributed by atoms with van der Waals surface area (Å²) in [5.74, 6) is -2.56. The van der Waals surface area contributed by atoms with Crippen molar-refractivity contribution >= 4 is 71.0 Å².